The first-order valence-electron chi connectivity index (χ1n) is 21.5. The number of nitro groups is 1. The van der Waals surface area contributed by atoms with Gasteiger partial charge in [0.15, 0.2) is 0 Å². The zero-order valence-electron chi connectivity index (χ0n) is 35.3. The Morgan fingerprint density at radius 3 is 2.40 bits per heavy atom. The fourth-order valence-corrected chi connectivity index (χ4v) is 10.2. The third kappa shape index (κ3) is 9.78. The fraction of sp³-hybridized carbons (Fsp3) is 0.383. The Morgan fingerprint density at radius 1 is 0.935 bits per heavy atom. The van der Waals surface area contributed by atoms with Gasteiger partial charge in [-0.15, -0.1) is 0 Å². The lowest BCUT2D eigenvalue weighted by Gasteiger charge is -2.40. The van der Waals surface area contributed by atoms with E-state index in [1.165, 1.54) is 34.9 Å². The molecule has 326 valence electrons. The topological polar surface area (TPSA) is 153 Å². The van der Waals surface area contributed by atoms with E-state index in [1.807, 2.05) is 23.1 Å². The number of carbonyl (C=O) groups is 1. The van der Waals surface area contributed by atoms with Crippen molar-refractivity contribution in [2.24, 2.45) is 5.41 Å². The van der Waals surface area contributed by atoms with Crippen LogP contribution in [0, 0.1) is 15.5 Å². The molecule has 2 aliphatic heterocycles. The van der Waals surface area contributed by atoms with Gasteiger partial charge in [-0.25, -0.2) is 13.1 Å². The summed E-state index contributed by atoms with van der Waals surface area (Å²) in [4.78, 5) is 35.8. The number of hydrogen-bond donors (Lipinski definition) is 3. The molecule has 0 spiro atoms. The minimum Gasteiger partial charge on any atom is -0.448 e. The monoisotopic (exact) mass is 879 g/mol. The number of nitrogens with one attached hydrogen (secondary N) is 3. The smallest absolute Gasteiger partial charge is 0.338 e. The molecule has 8 rings (SSSR count). The maximum atomic E-state index is 14.5. The van der Waals surface area contributed by atoms with Gasteiger partial charge in [0, 0.05) is 67.0 Å². The molecule has 2 fully saturated rings. The summed E-state index contributed by atoms with van der Waals surface area (Å²) in [5.41, 5.74) is 4.96. The zero-order chi connectivity index (χ0) is 43.4. The lowest BCUT2D eigenvalue weighted by atomic mass is 9.72. The summed E-state index contributed by atoms with van der Waals surface area (Å²) in [7, 11) is -4.77. The van der Waals surface area contributed by atoms with Crippen molar-refractivity contribution in [1.29, 1.82) is 0 Å². The van der Waals surface area contributed by atoms with E-state index in [1.54, 1.807) is 42.6 Å². The molecule has 3 aliphatic rings. The Morgan fingerprint density at radius 2 is 1.68 bits per heavy atom. The Bertz CT molecular complexity index is 2560. The van der Waals surface area contributed by atoms with Crippen molar-refractivity contribution in [1.82, 2.24) is 19.5 Å². The van der Waals surface area contributed by atoms with Crippen LogP contribution in [0.4, 0.5) is 17.1 Å². The molecule has 1 amide bonds. The number of nitrogens with zero attached hydrogens (tertiary/aromatic N) is 4. The molecule has 3 heterocycles. The van der Waals surface area contributed by atoms with Gasteiger partial charge in [0.1, 0.15) is 16.3 Å². The molecule has 0 atom stereocenters. The predicted molar refractivity (Wildman–Crippen MR) is 246 cm³/mol. The van der Waals surface area contributed by atoms with Crippen molar-refractivity contribution in [3.8, 4) is 11.5 Å². The van der Waals surface area contributed by atoms with E-state index in [4.69, 9.17) is 16.3 Å². The van der Waals surface area contributed by atoms with Gasteiger partial charge in [-0.05, 0) is 123 Å². The predicted octanol–water partition coefficient (Wildman–Crippen LogP) is 9.32. The van der Waals surface area contributed by atoms with Crippen LogP contribution >= 0.6 is 11.6 Å². The van der Waals surface area contributed by atoms with Crippen molar-refractivity contribution in [2.45, 2.75) is 57.3 Å². The molecule has 1 aliphatic carbocycles. The summed E-state index contributed by atoms with van der Waals surface area (Å²) in [6.45, 7) is 10.9. The summed E-state index contributed by atoms with van der Waals surface area (Å²) in [5, 5.41) is 18.2. The average Bonchev–Trinajstić information content (AvgIpc) is 3.97. The largest absolute Gasteiger partial charge is 0.448 e. The van der Waals surface area contributed by atoms with Crippen LogP contribution in [0.5, 0.6) is 11.5 Å². The molecule has 0 radical (unpaired) electrons. The summed E-state index contributed by atoms with van der Waals surface area (Å²) in [5.74, 6) is -1.13. The van der Waals surface area contributed by atoms with E-state index >= 15 is 0 Å². The number of halogens is 1. The number of aromatic nitrogens is 1. The highest BCUT2D eigenvalue weighted by Gasteiger charge is 2.38. The summed E-state index contributed by atoms with van der Waals surface area (Å²) in [6, 6.07) is 24.4. The van der Waals surface area contributed by atoms with Crippen LogP contribution in [0.25, 0.3) is 16.5 Å². The summed E-state index contributed by atoms with van der Waals surface area (Å²) in [6.07, 6.45) is 7.77. The number of ether oxygens (including phenoxy) is 1. The van der Waals surface area contributed by atoms with Gasteiger partial charge in [0.2, 0.25) is 5.75 Å². The number of anilines is 2. The first kappa shape index (κ1) is 43.2. The molecule has 62 heavy (non-hydrogen) atoms. The molecule has 0 unspecified atom stereocenters. The van der Waals surface area contributed by atoms with Gasteiger partial charge in [-0.2, -0.15) is 0 Å². The quantitative estimate of drug-likeness (QED) is 0.0527. The van der Waals surface area contributed by atoms with Crippen molar-refractivity contribution in [2.75, 3.05) is 69.1 Å². The van der Waals surface area contributed by atoms with Crippen molar-refractivity contribution in [3.63, 3.8) is 0 Å². The number of likely N-dealkylation sites (tertiary alicyclic amines) is 1. The second kappa shape index (κ2) is 18.5. The van der Waals surface area contributed by atoms with Gasteiger partial charge in [0.05, 0.1) is 10.6 Å². The fourth-order valence-electron chi connectivity index (χ4n) is 8.99. The number of carbonyl (C=O) groups excluding carboxylic acids is 1. The third-order valence-corrected chi connectivity index (χ3v) is 13.9. The number of H-pyrrole nitrogens is 1. The molecule has 4 aromatic carbocycles. The van der Waals surface area contributed by atoms with Crippen molar-refractivity contribution >= 4 is 61.1 Å². The van der Waals surface area contributed by atoms with E-state index in [-0.39, 0.29) is 22.4 Å². The van der Waals surface area contributed by atoms with Gasteiger partial charge >= 0.3 is 5.69 Å². The molecule has 15 heteroatoms. The number of aromatic amines is 1. The Balaban J connectivity index is 1.17. The Hall–Kier alpha value is -5.41. The number of fused-ring (bicyclic) bond motifs is 1. The van der Waals surface area contributed by atoms with Crippen molar-refractivity contribution in [3.05, 3.63) is 123 Å². The minimum atomic E-state index is -4.77. The van der Waals surface area contributed by atoms with Crippen molar-refractivity contribution < 1.29 is 22.9 Å². The number of rotatable bonds is 15. The highest BCUT2D eigenvalue weighted by molar-refractivity contribution is 7.90. The summed E-state index contributed by atoms with van der Waals surface area (Å²) >= 11 is 6.27. The van der Waals surface area contributed by atoms with Crippen LogP contribution in [0.1, 0.15) is 68.3 Å². The standard InChI is InChI=1S/C47H54ClN7O6S/c1-47(2)20-18-35(38(31-47)33-14-16-36(48)17-15-33)32-53-26-28-54(29-27-53)40-30-42(62(59,60)51-46(56)34-10-4-3-5-11-34)45(61-41-13-8-12-39-37(41)19-22-49-39)44(55(57)58)43(40)50-21-9-25-52-23-6-7-24-52/h3-5,8,10-17,19,22,30,49-50H,6-7,9,18,20-21,23-29,31-32H2,1-2H3,(H,51,56). The Labute approximate surface area is 368 Å². The maximum absolute atomic E-state index is 14.5. The summed E-state index contributed by atoms with van der Waals surface area (Å²) < 4.78 is 37.7. The van der Waals surface area contributed by atoms with Crippen LogP contribution < -0.4 is 19.7 Å². The van der Waals surface area contributed by atoms with Gasteiger partial charge in [-0.3, -0.25) is 19.8 Å². The highest BCUT2D eigenvalue weighted by Crippen LogP contribution is 2.49. The first-order chi connectivity index (χ1) is 29.8. The molecular formula is C47H54ClN7O6S. The zero-order valence-corrected chi connectivity index (χ0v) is 36.9. The average molecular weight is 881 g/mol. The number of sulfonamides is 1. The minimum absolute atomic E-state index is 0.119. The molecule has 0 saturated carbocycles. The van der Waals surface area contributed by atoms with Crippen LogP contribution in [0.3, 0.4) is 0 Å². The normalized spacial score (nSPS) is 17.4. The lowest BCUT2D eigenvalue weighted by molar-refractivity contribution is -0.384. The number of hydrogen-bond acceptors (Lipinski definition) is 10. The number of nitro benzene ring substituents is 1. The lowest BCUT2D eigenvalue weighted by Crippen LogP contribution is -2.47. The number of amides is 1. The van der Waals surface area contributed by atoms with E-state index in [0.29, 0.717) is 54.3 Å². The second-order valence-corrected chi connectivity index (χ2v) is 19.4. The van der Waals surface area contributed by atoms with Crippen LogP contribution in [0.2, 0.25) is 5.02 Å². The molecule has 0 bridgehead atoms. The van der Waals surface area contributed by atoms with Gasteiger partial charge in [0.25, 0.3) is 15.9 Å². The van der Waals surface area contributed by atoms with Crippen LogP contribution in [-0.4, -0.2) is 92.9 Å². The molecule has 5 aromatic rings. The van der Waals surface area contributed by atoms with E-state index in [2.05, 4.69) is 50.8 Å². The highest BCUT2D eigenvalue weighted by atomic mass is 35.5. The van der Waals surface area contributed by atoms with Gasteiger partial charge in [-0.1, -0.05) is 67.4 Å². The van der Waals surface area contributed by atoms with E-state index < -0.39 is 37.2 Å². The van der Waals surface area contributed by atoms with Crippen LogP contribution in [-0.2, 0) is 10.0 Å². The molecule has 3 N–H and O–H groups in total. The molecule has 1 aromatic heterocycles. The SMILES string of the molecule is CC1(C)CCC(CN2CCN(c3cc(S(=O)(=O)NC(=O)c4ccccc4)c(Oc4cccc5[nH]ccc45)c([N+](=O)[O-])c3NCCCN3CCCC3)CC2)=C(c2ccc(Cl)cc2)C1. The van der Waals surface area contributed by atoms with Crippen LogP contribution in [0.15, 0.2) is 102 Å². The maximum Gasteiger partial charge on any atom is 0.338 e. The first-order valence-corrected chi connectivity index (χ1v) is 23.3. The number of allylic oxidation sites excluding steroid dienone is 1. The number of benzene rings is 4. The molecule has 13 nitrogen and oxygen atoms in total. The Kier molecular flexibility index (Phi) is 12.9. The van der Waals surface area contributed by atoms with Gasteiger partial charge < -0.3 is 24.8 Å². The van der Waals surface area contributed by atoms with E-state index in [0.717, 1.165) is 64.7 Å². The molecular weight excluding hydrogens is 826 g/mol. The second-order valence-electron chi connectivity index (χ2n) is 17.3. The third-order valence-electron chi connectivity index (χ3n) is 12.4. The molecule has 2 saturated heterocycles. The number of piperazine rings is 1. The van der Waals surface area contributed by atoms with E-state index in [9.17, 15) is 23.3 Å².